The Bertz CT molecular complexity index is 914. The summed E-state index contributed by atoms with van der Waals surface area (Å²) in [6.45, 7) is 1.25. The molecule has 0 amide bonds. The molecule has 0 saturated carbocycles. The van der Waals surface area contributed by atoms with Crippen LogP contribution in [0.2, 0.25) is 0 Å². The molecule has 3 rings (SSSR count). The number of rotatable bonds is 7. The molecule has 1 aromatic carbocycles. The lowest BCUT2D eigenvalue weighted by atomic mass is 10.0. The average Bonchev–Trinajstić information content (AvgIpc) is 3.11. The van der Waals surface area contributed by atoms with Crippen molar-refractivity contribution in [3.63, 3.8) is 0 Å². The molecule has 2 aromatic rings. The van der Waals surface area contributed by atoms with Crippen molar-refractivity contribution in [3.05, 3.63) is 41.4 Å². The number of benzene rings is 1. The minimum absolute atomic E-state index is 0.0166. The van der Waals surface area contributed by atoms with Crippen LogP contribution in [0.3, 0.4) is 0 Å². The number of ether oxygens (including phenoxy) is 2. The second-order valence-electron chi connectivity index (χ2n) is 6.25. The monoisotopic (exact) mass is 371 g/mol. The standard InChI is InChI=1S/C19H21N3O5/c1-22(2)8-7-20-12-10-13(23)16-18(17(12)24)27-19(21-16)11-5-6-14(25-3)15(9-11)26-4/h5-6,9-10,20H,7-8H2,1-4H3. The van der Waals surface area contributed by atoms with Gasteiger partial charge in [-0.25, -0.2) is 4.98 Å². The summed E-state index contributed by atoms with van der Waals surface area (Å²) in [6, 6.07) is 5.10. The number of carbonyl (C=O) groups is 2. The Hall–Kier alpha value is -3.13. The van der Waals surface area contributed by atoms with Gasteiger partial charge in [-0.05, 0) is 32.3 Å². The molecule has 1 heterocycles. The van der Waals surface area contributed by atoms with Crippen LogP contribution in [0.4, 0.5) is 0 Å². The van der Waals surface area contributed by atoms with Gasteiger partial charge in [-0.1, -0.05) is 0 Å². The summed E-state index contributed by atoms with van der Waals surface area (Å²) in [5, 5.41) is 2.98. The summed E-state index contributed by atoms with van der Waals surface area (Å²) in [7, 11) is 6.90. The molecule has 27 heavy (non-hydrogen) atoms. The summed E-state index contributed by atoms with van der Waals surface area (Å²) in [5.74, 6) is 0.409. The van der Waals surface area contributed by atoms with E-state index in [1.54, 1.807) is 18.2 Å². The molecule has 0 saturated heterocycles. The van der Waals surface area contributed by atoms with Gasteiger partial charge < -0.3 is 24.1 Å². The number of aromatic nitrogens is 1. The summed E-state index contributed by atoms with van der Waals surface area (Å²) < 4.78 is 16.1. The molecule has 8 heteroatoms. The Morgan fingerprint density at radius 1 is 1.15 bits per heavy atom. The van der Waals surface area contributed by atoms with Crippen molar-refractivity contribution >= 4 is 11.6 Å². The number of allylic oxidation sites excluding steroid dienone is 2. The number of likely N-dealkylation sites (N-methyl/N-ethyl adjacent to an activating group) is 1. The molecule has 142 valence electrons. The van der Waals surface area contributed by atoms with Crippen molar-refractivity contribution < 1.29 is 23.5 Å². The molecule has 1 aromatic heterocycles. The first-order valence-corrected chi connectivity index (χ1v) is 8.37. The van der Waals surface area contributed by atoms with Crippen LogP contribution in [0.5, 0.6) is 11.5 Å². The largest absolute Gasteiger partial charge is 0.493 e. The average molecular weight is 371 g/mol. The van der Waals surface area contributed by atoms with Crippen LogP contribution in [0, 0.1) is 0 Å². The molecule has 0 fully saturated rings. The van der Waals surface area contributed by atoms with Crippen LogP contribution >= 0.6 is 0 Å². The number of hydrogen-bond donors (Lipinski definition) is 1. The van der Waals surface area contributed by atoms with Gasteiger partial charge in [-0.15, -0.1) is 0 Å². The minimum Gasteiger partial charge on any atom is -0.493 e. The number of methoxy groups -OCH3 is 2. The highest BCUT2D eigenvalue weighted by Crippen LogP contribution is 2.33. The molecule has 0 bridgehead atoms. The van der Waals surface area contributed by atoms with E-state index in [0.717, 1.165) is 6.54 Å². The summed E-state index contributed by atoms with van der Waals surface area (Å²) in [5.41, 5.74) is 0.803. The predicted octanol–water partition coefficient (Wildman–Crippen LogP) is 1.77. The summed E-state index contributed by atoms with van der Waals surface area (Å²) in [4.78, 5) is 31.2. The van der Waals surface area contributed by atoms with Gasteiger partial charge in [0.25, 0.3) is 0 Å². The van der Waals surface area contributed by atoms with Gasteiger partial charge in [-0.2, -0.15) is 0 Å². The fraction of sp³-hybridized carbons (Fsp3) is 0.316. The molecule has 8 nitrogen and oxygen atoms in total. The summed E-state index contributed by atoms with van der Waals surface area (Å²) in [6.07, 6.45) is 1.27. The topological polar surface area (TPSA) is 93.9 Å². The highest BCUT2D eigenvalue weighted by atomic mass is 16.5. The summed E-state index contributed by atoms with van der Waals surface area (Å²) >= 11 is 0. The Morgan fingerprint density at radius 2 is 1.89 bits per heavy atom. The van der Waals surface area contributed by atoms with Gasteiger partial charge in [0.15, 0.2) is 17.2 Å². The van der Waals surface area contributed by atoms with Crippen LogP contribution in [-0.2, 0) is 0 Å². The first-order chi connectivity index (χ1) is 12.9. The van der Waals surface area contributed by atoms with E-state index in [-0.39, 0.29) is 34.6 Å². The number of ketones is 2. The maximum atomic E-state index is 12.6. The zero-order valence-corrected chi connectivity index (χ0v) is 15.7. The van der Waals surface area contributed by atoms with E-state index in [1.165, 1.54) is 20.3 Å². The SMILES string of the molecule is COc1ccc(-c2nc3c(o2)C(=O)C(NCCN(C)C)=CC3=O)cc1OC. The first-order valence-electron chi connectivity index (χ1n) is 8.37. The molecule has 0 spiro atoms. The van der Waals surface area contributed by atoms with Gasteiger partial charge in [0, 0.05) is 24.7 Å². The number of hydrogen-bond acceptors (Lipinski definition) is 8. The van der Waals surface area contributed by atoms with Crippen molar-refractivity contribution in [1.82, 2.24) is 15.2 Å². The van der Waals surface area contributed by atoms with E-state index in [1.807, 2.05) is 19.0 Å². The highest BCUT2D eigenvalue weighted by molar-refractivity contribution is 6.22. The van der Waals surface area contributed by atoms with Crippen molar-refractivity contribution in [1.29, 1.82) is 0 Å². The number of carbonyl (C=O) groups excluding carboxylic acids is 2. The molecule has 1 aliphatic rings. The third kappa shape index (κ3) is 3.70. The molecule has 0 aliphatic heterocycles. The number of oxazole rings is 1. The van der Waals surface area contributed by atoms with E-state index in [2.05, 4.69) is 10.3 Å². The fourth-order valence-electron chi connectivity index (χ4n) is 2.67. The van der Waals surface area contributed by atoms with Gasteiger partial charge in [0.05, 0.1) is 19.9 Å². The third-order valence-corrected chi connectivity index (χ3v) is 4.09. The van der Waals surface area contributed by atoms with Crippen LogP contribution in [0.1, 0.15) is 21.0 Å². The van der Waals surface area contributed by atoms with E-state index < -0.39 is 0 Å². The van der Waals surface area contributed by atoms with Crippen LogP contribution in [-0.4, -0.2) is 62.9 Å². The Morgan fingerprint density at radius 3 is 2.56 bits per heavy atom. The lowest BCUT2D eigenvalue weighted by molar-refractivity contribution is 0.0956. The first kappa shape index (κ1) is 18.7. The molecule has 0 unspecified atom stereocenters. The lowest BCUT2D eigenvalue weighted by Gasteiger charge is -2.14. The van der Waals surface area contributed by atoms with E-state index in [9.17, 15) is 9.59 Å². The number of nitrogens with one attached hydrogen (secondary N) is 1. The molecule has 0 radical (unpaired) electrons. The Kier molecular flexibility index (Phi) is 5.27. The minimum atomic E-state index is -0.386. The van der Waals surface area contributed by atoms with E-state index in [0.29, 0.717) is 23.6 Å². The quantitative estimate of drug-likeness (QED) is 0.787. The zero-order chi connectivity index (χ0) is 19.6. The number of Topliss-reactive ketones (excluding diaryl/α,β-unsaturated/α-hetero) is 1. The fourth-order valence-corrected chi connectivity index (χ4v) is 2.67. The lowest BCUT2D eigenvalue weighted by Crippen LogP contribution is -2.31. The van der Waals surface area contributed by atoms with Crippen molar-refractivity contribution in [2.24, 2.45) is 0 Å². The van der Waals surface area contributed by atoms with Gasteiger partial charge in [-0.3, -0.25) is 9.59 Å². The third-order valence-electron chi connectivity index (χ3n) is 4.09. The number of fused-ring (bicyclic) bond motifs is 1. The zero-order valence-electron chi connectivity index (χ0n) is 15.7. The maximum Gasteiger partial charge on any atom is 0.246 e. The molecular formula is C19H21N3O5. The van der Waals surface area contributed by atoms with Crippen LogP contribution in [0.15, 0.2) is 34.4 Å². The van der Waals surface area contributed by atoms with Gasteiger partial charge in [0.2, 0.25) is 23.2 Å². The second kappa shape index (κ2) is 7.63. The molecule has 1 aliphatic carbocycles. The smallest absolute Gasteiger partial charge is 0.246 e. The Labute approximate surface area is 156 Å². The van der Waals surface area contributed by atoms with Crippen LogP contribution in [0.25, 0.3) is 11.5 Å². The molecule has 1 N–H and O–H groups in total. The van der Waals surface area contributed by atoms with Crippen molar-refractivity contribution in [2.45, 2.75) is 0 Å². The van der Waals surface area contributed by atoms with Crippen molar-refractivity contribution in [3.8, 4) is 23.0 Å². The maximum absolute atomic E-state index is 12.6. The second-order valence-corrected chi connectivity index (χ2v) is 6.25. The van der Waals surface area contributed by atoms with Gasteiger partial charge in [0.1, 0.15) is 0 Å². The molecule has 0 atom stereocenters. The van der Waals surface area contributed by atoms with E-state index >= 15 is 0 Å². The number of nitrogens with zero attached hydrogens (tertiary/aromatic N) is 2. The normalized spacial score (nSPS) is 13.4. The predicted molar refractivity (Wildman–Crippen MR) is 98.3 cm³/mol. The highest BCUT2D eigenvalue weighted by Gasteiger charge is 2.32. The van der Waals surface area contributed by atoms with Gasteiger partial charge >= 0.3 is 0 Å². The van der Waals surface area contributed by atoms with Crippen LogP contribution < -0.4 is 14.8 Å². The molecular weight excluding hydrogens is 350 g/mol. The Balaban J connectivity index is 1.88. The van der Waals surface area contributed by atoms with E-state index in [4.69, 9.17) is 13.9 Å². The van der Waals surface area contributed by atoms with Crippen molar-refractivity contribution in [2.75, 3.05) is 41.4 Å².